The maximum Gasteiger partial charge on any atom is 0.235 e. The van der Waals surface area contributed by atoms with Crippen molar-refractivity contribution in [1.82, 2.24) is 10.2 Å². The van der Waals surface area contributed by atoms with Crippen LogP contribution in [0.4, 0.5) is 0 Å². The van der Waals surface area contributed by atoms with Crippen LogP contribution < -0.4 is 11.1 Å². The van der Waals surface area contributed by atoms with Crippen LogP contribution in [-0.2, 0) is 4.79 Å². The van der Waals surface area contributed by atoms with E-state index < -0.39 is 0 Å². The van der Waals surface area contributed by atoms with Crippen LogP contribution in [0.1, 0.15) is 40.0 Å². The quantitative estimate of drug-likeness (QED) is 0.767. The Hall–Kier alpha value is -0.610. The molecule has 1 saturated carbocycles. The number of carbonyl (C=O) groups excluding carboxylic acids is 1. The Morgan fingerprint density at radius 3 is 2.61 bits per heavy atom. The predicted molar refractivity (Wildman–Crippen MR) is 73.1 cm³/mol. The van der Waals surface area contributed by atoms with Crippen LogP contribution >= 0.6 is 0 Å². The van der Waals surface area contributed by atoms with Crippen LogP contribution in [0.5, 0.6) is 0 Å². The Morgan fingerprint density at radius 1 is 1.39 bits per heavy atom. The number of hydrogen-bond acceptors (Lipinski definition) is 3. The van der Waals surface area contributed by atoms with Gasteiger partial charge >= 0.3 is 0 Å². The molecule has 1 heterocycles. The van der Waals surface area contributed by atoms with Crippen molar-refractivity contribution in [3.8, 4) is 0 Å². The second-order valence-electron chi connectivity index (χ2n) is 6.41. The molecule has 0 spiro atoms. The van der Waals surface area contributed by atoms with Gasteiger partial charge in [-0.15, -0.1) is 0 Å². The first-order valence-electron chi connectivity index (χ1n) is 7.26. The maximum atomic E-state index is 11.5. The summed E-state index contributed by atoms with van der Waals surface area (Å²) in [5.41, 5.74) is 5.52. The zero-order chi connectivity index (χ0) is 13.3. The highest BCUT2D eigenvalue weighted by Crippen LogP contribution is 2.27. The fourth-order valence-corrected chi connectivity index (χ4v) is 3.07. The third-order valence-corrected chi connectivity index (χ3v) is 4.49. The van der Waals surface area contributed by atoms with Gasteiger partial charge < -0.3 is 11.1 Å². The molecule has 0 aromatic carbocycles. The van der Waals surface area contributed by atoms with E-state index in [1.165, 1.54) is 19.3 Å². The average molecular weight is 253 g/mol. The summed E-state index contributed by atoms with van der Waals surface area (Å²) < 4.78 is 0. The molecular formula is C14H27N3O. The minimum absolute atomic E-state index is 0.183. The van der Waals surface area contributed by atoms with Gasteiger partial charge in [-0.05, 0) is 38.0 Å². The fourth-order valence-electron chi connectivity index (χ4n) is 3.07. The molecule has 18 heavy (non-hydrogen) atoms. The lowest BCUT2D eigenvalue weighted by atomic mass is 9.85. The lowest BCUT2D eigenvalue weighted by Crippen LogP contribution is -2.55. The van der Waals surface area contributed by atoms with Gasteiger partial charge in [0.1, 0.15) is 0 Å². The summed E-state index contributed by atoms with van der Waals surface area (Å²) in [6.07, 6.45) is 3.66. The van der Waals surface area contributed by atoms with Crippen LogP contribution in [0.3, 0.4) is 0 Å². The SMILES string of the molecule is CC1CC(C)C(C)N(CC(NC2CC2)C(N)=O)C1. The third kappa shape index (κ3) is 3.45. The third-order valence-electron chi connectivity index (χ3n) is 4.49. The Balaban J connectivity index is 1.93. The van der Waals surface area contributed by atoms with Gasteiger partial charge in [0.15, 0.2) is 0 Å². The molecule has 1 amide bonds. The summed E-state index contributed by atoms with van der Waals surface area (Å²) in [7, 11) is 0. The lowest BCUT2D eigenvalue weighted by Gasteiger charge is -2.42. The van der Waals surface area contributed by atoms with Crippen molar-refractivity contribution in [2.45, 2.75) is 58.2 Å². The number of nitrogens with two attached hydrogens (primary N) is 1. The maximum absolute atomic E-state index is 11.5. The molecule has 0 radical (unpaired) electrons. The molecule has 4 atom stereocenters. The first-order chi connectivity index (χ1) is 8.47. The topological polar surface area (TPSA) is 58.4 Å². The monoisotopic (exact) mass is 253 g/mol. The van der Waals surface area contributed by atoms with Crippen molar-refractivity contribution in [2.75, 3.05) is 13.1 Å². The van der Waals surface area contributed by atoms with Crippen LogP contribution in [0.2, 0.25) is 0 Å². The molecule has 0 aromatic heterocycles. The first kappa shape index (κ1) is 13.8. The predicted octanol–water partition coefficient (Wildman–Crippen LogP) is 0.959. The molecule has 0 aromatic rings. The molecule has 3 N–H and O–H groups in total. The Labute approximate surface area is 110 Å². The summed E-state index contributed by atoms with van der Waals surface area (Å²) in [5.74, 6) is 1.20. The van der Waals surface area contributed by atoms with Crippen molar-refractivity contribution in [3.63, 3.8) is 0 Å². The van der Waals surface area contributed by atoms with Crippen molar-refractivity contribution < 1.29 is 4.79 Å². The van der Waals surface area contributed by atoms with Gasteiger partial charge in [-0.2, -0.15) is 0 Å². The summed E-state index contributed by atoms with van der Waals surface area (Å²) >= 11 is 0. The number of amides is 1. The number of carbonyl (C=O) groups is 1. The summed E-state index contributed by atoms with van der Waals surface area (Å²) in [4.78, 5) is 14.0. The van der Waals surface area contributed by atoms with E-state index >= 15 is 0 Å². The number of nitrogens with one attached hydrogen (secondary N) is 1. The Bertz CT molecular complexity index is 303. The van der Waals surface area contributed by atoms with E-state index in [9.17, 15) is 4.79 Å². The summed E-state index contributed by atoms with van der Waals surface area (Å²) in [6.45, 7) is 8.72. The molecule has 2 fully saturated rings. The molecule has 0 bridgehead atoms. The van der Waals surface area contributed by atoms with Crippen molar-refractivity contribution >= 4 is 5.91 Å². The Morgan fingerprint density at radius 2 is 2.06 bits per heavy atom. The van der Waals surface area contributed by atoms with Gasteiger partial charge in [0.25, 0.3) is 0 Å². The number of likely N-dealkylation sites (tertiary alicyclic amines) is 1. The number of nitrogens with zero attached hydrogens (tertiary/aromatic N) is 1. The standard InChI is InChI=1S/C14H27N3O/c1-9-6-10(2)11(3)17(7-9)8-13(14(15)18)16-12-4-5-12/h9-13,16H,4-8H2,1-3H3,(H2,15,18). The average Bonchev–Trinajstić information content (AvgIpc) is 3.07. The van der Waals surface area contributed by atoms with Gasteiger partial charge in [0, 0.05) is 25.2 Å². The molecule has 1 aliphatic carbocycles. The highest BCUT2D eigenvalue weighted by Gasteiger charge is 2.33. The van der Waals surface area contributed by atoms with Gasteiger partial charge in [-0.3, -0.25) is 9.69 Å². The molecule has 1 saturated heterocycles. The van der Waals surface area contributed by atoms with Gasteiger partial charge in [-0.1, -0.05) is 13.8 Å². The van der Waals surface area contributed by atoms with Gasteiger partial charge in [-0.25, -0.2) is 0 Å². The van der Waals surface area contributed by atoms with Crippen LogP contribution in [-0.4, -0.2) is 42.0 Å². The second-order valence-corrected chi connectivity index (χ2v) is 6.41. The number of rotatable bonds is 5. The van der Waals surface area contributed by atoms with E-state index in [-0.39, 0.29) is 11.9 Å². The summed E-state index contributed by atoms with van der Waals surface area (Å²) in [6, 6.07) is 0.888. The molecular weight excluding hydrogens is 226 g/mol. The molecule has 104 valence electrons. The lowest BCUT2D eigenvalue weighted by molar-refractivity contribution is -0.121. The molecule has 4 unspecified atom stereocenters. The van der Waals surface area contributed by atoms with E-state index in [0.29, 0.717) is 23.9 Å². The number of piperidine rings is 1. The van der Waals surface area contributed by atoms with E-state index in [1.54, 1.807) is 0 Å². The molecule has 4 heteroatoms. The van der Waals surface area contributed by atoms with E-state index in [1.807, 2.05) is 0 Å². The van der Waals surface area contributed by atoms with E-state index in [4.69, 9.17) is 5.73 Å². The molecule has 2 aliphatic rings. The highest BCUT2D eigenvalue weighted by molar-refractivity contribution is 5.80. The zero-order valence-corrected chi connectivity index (χ0v) is 11.9. The number of hydrogen-bond donors (Lipinski definition) is 2. The van der Waals surface area contributed by atoms with Crippen molar-refractivity contribution in [3.05, 3.63) is 0 Å². The first-order valence-corrected chi connectivity index (χ1v) is 7.26. The summed E-state index contributed by atoms with van der Waals surface area (Å²) in [5, 5.41) is 3.37. The van der Waals surface area contributed by atoms with E-state index in [2.05, 4.69) is 31.0 Å². The molecule has 4 nitrogen and oxygen atoms in total. The van der Waals surface area contributed by atoms with Gasteiger partial charge in [0.2, 0.25) is 5.91 Å². The largest absolute Gasteiger partial charge is 0.368 e. The zero-order valence-electron chi connectivity index (χ0n) is 11.9. The minimum atomic E-state index is -0.208. The van der Waals surface area contributed by atoms with Crippen LogP contribution in [0.15, 0.2) is 0 Å². The fraction of sp³-hybridized carbons (Fsp3) is 0.929. The van der Waals surface area contributed by atoms with Crippen molar-refractivity contribution in [2.24, 2.45) is 17.6 Å². The van der Waals surface area contributed by atoms with Crippen LogP contribution in [0.25, 0.3) is 0 Å². The Kier molecular flexibility index (Phi) is 4.28. The number of primary amides is 1. The second kappa shape index (κ2) is 5.57. The molecule has 1 aliphatic heterocycles. The highest BCUT2D eigenvalue weighted by atomic mass is 16.1. The molecule has 2 rings (SSSR count). The minimum Gasteiger partial charge on any atom is -0.368 e. The normalized spacial score (nSPS) is 35.4. The van der Waals surface area contributed by atoms with Crippen molar-refractivity contribution in [1.29, 1.82) is 0 Å². The van der Waals surface area contributed by atoms with Gasteiger partial charge in [0.05, 0.1) is 6.04 Å². The smallest absolute Gasteiger partial charge is 0.235 e. The van der Waals surface area contributed by atoms with E-state index in [0.717, 1.165) is 13.1 Å². The van der Waals surface area contributed by atoms with Crippen LogP contribution in [0, 0.1) is 11.8 Å².